The van der Waals surface area contributed by atoms with Crippen molar-refractivity contribution in [2.24, 2.45) is 5.73 Å². The van der Waals surface area contributed by atoms with Gasteiger partial charge >= 0.3 is 0 Å². The van der Waals surface area contributed by atoms with Crippen LogP contribution in [0, 0.1) is 11.8 Å². The number of nitrogens with one attached hydrogen (secondary N) is 1. The van der Waals surface area contributed by atoms with Crippen LogP contribution in [0.3, 0.4) is 0 Å². The largest absolute Gasteiger partial charge is 0.320 e. The van der Waals surface area contributed by atoms with Crippen LogP contribution in [0.2, 0.25) is 0 Å². The number of thiophene rings is 1. The molecule has 7 heteroatoms. The summed E-state index contributed by atoms with van der Waals surface area (Å²) in [6, 6.07) is 1.76. The molecule has 0 saturated carbocycles. The average Bonchev–Trinajstić information content (AvgIpc) is 2.72. The van der Waals surface area contributed by atoms with Crippen molar-refractivity contribution in [3.63, 3.8) is 0 Å². The summed E-state index contributed by atoms with van der Waals surface area (Å²) in [7, 11) is -1.88. The first-order chi connectivity index (χ1) is 8.85. The normalized spacial score (nSPS) is 11.7. The highest BCUT2D eigenvalue weighted by Crippen LogP contribution is 2.16. The van der Waals surface area contributed by atoms with Crippen molar-refractivity contribution in [1.29, 1.82) is 0 Å². The second-order valence-electron chi connectivity index (χ2n) is 4.34. The van der Waals surface area contributed by atoms with Crippen molar-refractivity contribution in [3.05, 3.63) is 21.9 Å². The zero-order chi connectivity index (χ0) is 14.5. The fourth-order valence-corrected chi connectivity index (χ4v) is 3.41. The SMILES string of the molecule is CC(C)NS(=O)(=O)N(C)Cc1cc(C#CCN)cs1. The van der Waals surface area contributed by atoms with Crippen LogP contribution in [0.15, 0.2) is 11.4 Å². The first-order valence-corrected chi connectivity index (χ1v) is 8.17. The van der Waals surface area contributed by atoms with Gasteiger partial charge in [0.15, 0.2) is 0 Å². The maximum atomic E-state index is 11.9. The van der Waals surface area contributed by atoms with Crippen LogP contribution in [0.4, 0.5) is 0 Å². The van der Waals surface area contributed by atoms with E-state index in [4.69, 9.17) is 5.73 Å². The Bertz CT molecular complexity index is 567. The molecule has 0 spiro atoms. The Kier molecular flexibility index (Phi) is 5.97. The lowest BCUT2D eigenvalue weighted by atomic mass is 10.3. The molecule has 0 radical (unpaired) electrons. The zero-order valence-corrected chi connectivity index (χ0v) is 12.9. The molecule has 1 rings (SSSR count). The molecule has 5 nitrogen and oxygen atoms in total. The molecule has 1 aromatic heterocycles. The first-order valence-electron chi connectivity index (χ1n) is 5.85. The van der Waals surface area contributed by atoms with Crippen LogP contribution in [-0.4, -0.2) is 32.4 Å². The second-order valence-corrected chi connectivity index (χ2v) is 7.15. The summed E-state index contributed by atoms with van der Waals surface area (Å²) in [6.07, 6.45) is 0. The predicted octanol–water partition coefficient (Wildman–Crippen LogP) is 0.733. The lowest BCUT2D eigenvalue weighted by Crippen LogP contribution is -2.41. The van der Waals surface area contributed by atoms with Gasteiger partial charge in [0.1, 0.15) is 0 Å². The highest BCUT2D eigenvalue weighted by atomic mass is 32.2. The maximum absolute atomic E-state index is 11.9. The molecule has 0 aliphatic rings. The number of hydrogen-bond acceptors (Lipinski definition) is 4. The third kappa shape index (κ3) is 5.30. The lowest BCUT2D eigenvalue weighted by molar-refractivity contribution is 0.451. The molecule has 0 aliphatic heterocycles. The van der Waals surface area contributed by atoms with E-state index in [1.807, 2.05) is 11.4 Å². The minimum atomic E-state index is -3.43. The fraction of sp³-hybridized carbons (Fsp3) is 0.500. The van der Waals surface area contributed by atoms with Gasteiger partial charge in [-0.25, -0.2) is 0 Å². The quantitative estimate of drug-likeness (QED) is 0.787. The molecule has 0 unspecified atom stereocenters. The van der Waals surface area contributed by atoms with Gasteiger partial charge in [-0.15, -0.1) is 11.3 Å². The minimum Gasteiger partial charge on any atom is -0.320 e. The van der Waals surface area contributed by atoms with E-state index in [-0.39, 0.29) is 6.04 Å². The van der Waals surface area contributed by atoms with E-state index in [0.29, 0.717) is 13.1 Å². The molecule has 0 fully saturated rings. The summed E-state index contributed by atoms with van der Waals surface area (Å²) in [5.41, 5.74) is 6.17. The topological polar surface area (TPSA) is 75.4 Å². The van der Waals surface area contributed by atoms with Crippen molar-refractivity contribution in [2.75, 3.05) is 13.6 Å². The average molecular weight is 301 g/mol. The van der Waals surface area contributed by atoms with Crippen molar-refractivity contribution in [1.82, 2.24) is 9.03 Å². The molecule has 0 aliphatic carbocycles. The van der Waals surface area contributed by atoms with E-state index in [2.05, 4.69) is 16.6 Å². The zero-order valence-electron chi connectivity index (χ0n) is 11.3. The number of nitrogens with zero attached hydrogens (tertiary/aromatic N) is 1. The van der Waals surface area contributed by atoms with Gasteiger partial charge in [-0.3, -0.25) is 0 Å². The highest BCUT2D eigenvalue weighted by molar-refractivity contribution is 7.87. The van der Waals surface area contributed by atoms with Gasteiger partial charge in [-0.05, 0) is 19.9 Å². The van der Waals surface area contributed by atoms with Crippen LogP contribution < -0.4 is 10.5 Å². The highest BCUT2D eigenvalue weighted by Gasteiger charge is 2.19. The number of hydrogen-bond donors (Lipinski definition) is 2. The molecule has 106 valence electrons. The molecule has 0 amide bonds. The summed E-state index contributed by atoms with van der Waals surface area (Å²) < 4.78 is 27.6. The molecule has 3 N–H and O–H groups in total. The van der Waals surface area contributed by atoms with Crippen LogP contribution in [0.1, 0.15) is 24.3 Å². The van der Waals surface area contributed by atoms with Crippen LogP contribution in [-0.2, 0) is 16.8 Å². The van der Waals surface area contributed by atoms with E-state index in [9.17, 15) is 8.42 Å². The molecule has 1 heterocycles. The van der Waals surface area contributed by atoms with Crippen LogP contribution in [0.25, 0.3) is 0 Å². The van der Waals surface area contributed by atoms with Gasteiger partial charge in [0, 0.05) is 35.5 Å². The molecule has 0 bridgehead atoms. The molecule has 0 atom stereocenters. The molecule has 0 saturated heterocycles. The smallest absolute Gasteiger partial charge is 0.279 e. The number of rotatable bonds is 5. The monoisotopic (exact) mass is 301 g/mol. The van der Waals surface area contributed by atoms with E-state index < -0.39 is 10.2 Å². The van der Waals surface area contributed by atoms with Gasteiger partial charge in [-0.2, -0.15) is 17.4 Å². The van der Waals surface area contributed by atoms with Crippen molar-refractivity contribution >= 4 is 21.5 Å². The minimum absolute atomic E-state index is 0.123. The van der Waals surface area contributed by atoms with E-state index in [1.165, 1.54) is 15.6 Å². The Morgan fingerprint density at radius 1 is 1.53 bits per heavy atom. The predicted molar refractivity (Wildman–Crippen MR) is 78.9 cm³/mol. The van der Waals surface area contributed by atoms with Crippen molar-refractivity contribution < 1.29 is 8.42 Å². The Hall–Kier alpha value is -0.910. The Morgan fingerprint density at radius 2 is 2.21 bits per heavy atom. The molecular weight excluding hydrogens is 282 g/mol. The molecule has 0 aromatic carbocycles. The van der Waals surface area contributed by atoms with Gasteiger partial charge < -0.3 is 5.73 Å². The number of nitrogens with two attached hydrogens (primary N) is 1. The third-order valence-corrected chi connectivity index (χ3v) is 4.80. The summed E-state index contributed by atoms with van der Waals surface area (Å²) in [6.45, 7) is 4.23. The van der Waals surface area contributed by atoms with E-state index in [0.717, 1.165) is 10.4 Å². The Balaban J connectivity index is 2.72. The van der Waals surface area contributed by atoms with Gasteiger partial charge in [0.2, 0.25) is 0 Å². The second kappa shape index (κ2) is 7.03. The summed E-state index contributed by atoms with van der Waals surface area (Å²) in [4.78, 5) is 0.943. The lowest BCUT2D eigenvalue weighted by Gasteiger charge is -2.18. The van der Waals surface area contributed by atoms with Crippen molar-refractivity contribution in [3.8, 4) is 11.8 Å². The Labute approximate surface area is 119 Å². The van der Waals surface area contributed by atoms with Crippen LogP contribution in [0.5, 0.6) is 0 Å². The van der Waals surface area contributed by atoms with Gasteiger partial charge in [0.05, 0.1) is 6.54 Å². The summed E-state index contributed by atoms with van der Waals surface area (Å²) in [5.74, 6) is 5.69. The molecule has 1 aromatic rings. The van der Waals surface area contributed by atoms with Gasteiger partial charge in [-0.1, -0.05) is 11.8 Å². The maximum Gasteiger partial charge on any atom is 0.279 e. The summed E-state index contributed by atoms with van der Waals surface area (Å²) >= 11 is 1.49. The van der Waals surface area contributed by atoms with Crippen molar-refractivity contribution in [2.45, 2.75) is 26.4 Å². The standard InChI is InChI=1S/C12H19N3O2S2/c1-10(2)14-19(16,17)15(3)8-12-7-11(9-18-12)5-4-6-13/h7,9-10,14H,6,8,13H2,1-3H3. The molecular formula is C12H19N3O2S2. The van der Waals surface area contributed by atoms with E-state index >= 15 is 0 Å². The third-order valence-electron chi connectivity index (χ3n) is 2.16. The fourth-order valence-electron chi connectivity index (χ4n) is 1.37. The van der Waals surface area contributed by atoms with Gasteiger partial charge in [0.25, 0.3) is 10.2 Å². The van der Waals surface area contributed by atoms with Crippen LogP contribution >= 0.6 is 11.3 Å². The molecule has 19 heavy (non-hydrogen) atoms. The first kappa shape index (κ1) is 16.1. The Morgan fingerprint density at radius 3 is 2.79 bits per heavy atom. The van der Waals surface area contributed by atoms with E-state index in [1.54, 1.807) is 20.9 Å². The summed E-state index contributed by atoms with van der Waals surface area (Å²) in [5, 5.41) is 1.90.